The van der Waals surface area contributed by atoms with Gasteiger partial charge in [0.15, 0.2) is 0 Å². The first kappa shape index (κ1) is 15.6. The Morgan fingerprint density at radius 3 is 2.60 bits per heavy atom. The van der Waals surface area contributed by atoms with Crippen molar-refractivity contribution in [1.82, 2.24) is 5.32 Å². The number of hydrogen-bond acceptors (Lipinski definition) is 3. The van der Waals surface area contributed by atoms with Crippen LogP contribution >= 0.6 is 11.6 Å². The van der Waals surface area contributed by atoms with Crippen LogP contribution in [0, 0.1) is 0 Å². The van der Waals surface area contributed by atoms with Crippen molar-refractivity contribution in [3.05, 3.63) is 28.8 Å². The highest BCUT2D eigenvalue weighted by molar-refractivity contribution is 6.31. The normalized spacial score (nSPS) is 16.9. The summed E-state index contributed by atoms with van der Waals surface area (Å²) in [5.74, 6) is 0. The topological polar surface area (TPSA) is 24.5 Å². The van der Waals surface area contributed by atoms with Crippen molar-refractivity contribution in [2.45, 2.75) is 45.4 Å². The molecule has 20 heavy (non-hydrogen) atoms. The molecule has 0 unspecified atom stereocenters. The van der Waals surface area contributed by atoms with Crippen LogP contribution < -0.4 is 10.2 Å². The summed E-state index contributed by atoms with van der Waals surface area (Å²) in [7, 11) is 1.80. The molecule has 1 N–H and O–H groups in total. The second-order valence-electron chi connectivity index (χ2n) is 5.73. The zero-order chi connectivity index (χ0) is 14.5. The van der Waals surface area contributed by atoms with Gasteiger partial charge in [-0.05, 0) is 30.5 Å². The minimum Gasteiger partial charge on any atom is -0.381 e. The third kappa shape index (κ3) is 4.11. The van der Waals surface area contributed by atoms with Gasteiger partial charge in [-0.3, -0.25) is 0 Å². The first-order chi connectivity index (χ1) is 9.60. The Morgan fingerprint density at radius 1 is 1.35 bits per heavy atom. The van der Waals surface area contributed by atoms with E-state index in [0.29, 0.717) is 12.1 Å². The van der Waals surface area contributed by atoms with Crippen LogP contribution in [0.15, 0.2) is 18.2 Å². The van der Waals surface area contributed by atoms with Crippen molar-refractivity contribution in [3.63, 3.8) is 0 Å². The number of piperidine rings is 1. The van der Waals surface area contributed by atoms with Crippen LogP contribution in [0.1, 0.15) is 32.3 Å². The summed E-state index contributed by atoms with van der Waals surface area (Å²) in [6, 6.07) is 6.87. The van der Waals surface area contributed by atoms with Crippen LogP contribution in [-0.2, 0) is 11.3 Å². The van der Waals surface area contributed by atoms with Crippen LogP contribution in [0.25, 0.3) is 0 Å². The van der Waals surface area contributed by atoms with E-state index in [2.05, 4.69) is 42.3 Å². The maximum absolute atomic E-state index is 6.40. The number of nitrogens with zero attached hydrogens (tertiary/aromatic N) is 1. The zero-order valence-corrected chi connectivity index (χ0v) is 13.4. The van der Waals surface area contributed by atoms with Crippen LogP contribution in [0.5, 0.6) is 0 Å². The van der Waals surface area contributed by atoms with Gasteiger partial charge in [0.1, 0.15) is 0 Å². The molecule has 0 aromatic heterocycles. The quantitative estimate of drug-likeness (QED) is 0.901. The maximum Gasteiger partial charge on any atom is 0.0605 e. The van der Waals surface area contributed by atoms with Gasteiger partial charge in [0.2, 0.25) is 0 Å². The van der Waals surface area contributed by atoms with E-state index >= 15 is 0 Å². The third-order valence-corrected chi connectivity index (χ3v) is 4.23. The lowest BCUT2D eigenvalue weighted by molar-refractivity contribution is 0.0819. The first-order valence-electron chi connectivity index (χ1n) is 7.39. The summed E-state index contributed by atoms with van der Waals surface area (Å²) in [6.45, 7) is 7.18. The number of methoxy groups -OCH3 is 1. The molecular formula is C16H25ClN2O. The minimum absolute atomic E-state index is 0.413. The Bertz CT molecular complexity index is 428. The number of hydrogen-bond donors (Lipinski definition) is 1. The molecule has 0 spiro atoms. The molecule has 1 saturated heterocycles. The summed E-state index contributed by atoms with van der Waals surface area (Å²) in [6.07, 6.45) is 2.59. The van der Waals surface area contributed by atoms with Crippen molar-refractivity contribution < 1.29 is 4.74 Å². The molecule has 0 atom stereocenters. The van der Waals surface area contributed by atoms with E-state index < -0.39 is 0 Å². The van der Waals surface area contributed by atoms with Gasteiger partial charge in [-0.2, -0.15) is 0 Å². The summed E-state index contributed by atoms with van der Waals surface area (Å²) in [5, 5.41) is 4.25. The van der Waals surface area contributed by atoms with Crippen molar-refractivity contribution >= 4 is 17.3 Å². The van der Waals surface area contributed by atoms with E-state index in [0.717, 1.165) is 43.1 Å². The van der Waals surface area contributed by atoms with E-state index in [4.69, 9.17) is 16.3 Å². The van der Waals surface area contributed by atoms with Crippen LogP contribution in [0.3, 0.4) is 0 Å². The minimum atomic E-state index is 0.413. The molecule has 2 rings (SSSR count). The molecule has 1 aliphatic rings. The molecule has 0 saturated carbocycles. The van der Waals surface area contributed by atoms with Gasteiger partial charge in [0.25, 0.3) is 0 Å². The van der Waals surface area contributed by atoms with Crippen LogP contribution in [-0.4, -0.2) is 32.3 Å². The van der Waals surface area contributed by atoms with E-state index in [1.54, 1.807) is 7.11 Å². The van der Waals surface area contributed by atoms with E-state index in [-0.39, 0.29) is 0 Å². The molecule has 1 heterocycles. The van der Waals surface area contributed by atoms with Gasteiger partial charge in [-0.15, -0.1) is 0 Å². The van der Waals surface area contributed by atoms with Crippen molar-refractivity contribution in [1.29, 1.82) is 0 Å². The Kier molecular flexibility index (Phi) is 5.70. The lowest BCUT2D eigenvalue weighted by atomic mass is 10.1. The second kappa shape index (κ2) is 7.30. The van der Waals surface area contributed by atoms with Gasteiger partial charge in [0.05, 0.1) is 6.10 Å². The molecule has 0 radical (unpaired) electrons. The number of benzene rings is 1. The Morgan fingerprint density at radius 2 is 2.05 bits per heavy atom. The molecule has 1 aromatic rings. The Hall–Kier alpha value is -0.770. The van der Waals surface area contributed by atoms with Crippen molar-refractivity contribution in [2.24, 2.45) is 0 Å². The molecule has 1 fully saturated rings. The molecule has 4 heteroatoms. The third-order valence-electron chi connectivity index (χ3n) is 3.88. The summed E-state index contributed by atoms with van der Waals surface area (Å²) in [4.78, 5) is 2.39. The van der Waals surface area contributed by atoms with Crippen LogP contribution in [0.4, 0.5) is 5.69 Å². The lowest BCUT2D eigenvalue weighted by Crippen LogP contribution is -2.36. The van der Waals surface area contributed by atoms with Crippen LogP contribution in [0.2, 0.25) is 5.02 Å². The average Bonchev–Trinajstić information content (AvgIpc) is 2.46. The summed E-state index contributed by atoms with van der Waals surface area (Å²) < 4.78 is 5.41. The van der Waals surface area contributed by atoms with E-state index in [1.165, 1.54) is 5.69 Å². The SMILES string of the molecule is COC1CCN(c2ccc(CNC(C)C)c(Cl)c2)CC1. The monoisotopic (exact) mass is 296 g/mol. The fourth-order valence-electron chi connectivity index (χ4n) is 2.54. The summed E-state index contributed by atoms with van der Waals surface area (Å²) >= 11 is 6.40. The number of ether oxygens (including phenoxy) is 1. The lowest BCUT2D eigenvalue weighted by Gasteiger charge is -2.33. The average molecular weight is 297 g/mol. The molecule has 0 bridgehead atoms. The fraction of sp³-hybridized carbons (Fsp3) is 0.625. The molecule has 1 aromatic carbocycles. The van der Waals surface area contributed by atoms with Gasteiger partial charge in [0, 0.05) is 43.5 Å². The molecule has 3 nitrogen and oxygen atoms in total. The van der Waals surface area contributed by atoms with Crippen molar-refractivity contribution in [2.75, 3.05) is 25.1 Å². The van der Waals surface area contributed by atoms with E-state index in [9.17, 15) is 0 Å². The Balaban J connectivity index is 1.98. The highest BCUT2D eigenvalue weighted by Crippen LogP contribution is 2.26. The van der Waals surface area contributed by atoms with Gasteiger partial charge in [-0.1, -0.05) is 31.5 Å². The van der Waals surface area contributed by atoms with Gasteiger partial charge >= 0.3 is 0 Å². The Labute approximate surface area is 127 Å². The smallest absolute Gasteiger partial charge is 0.0605 e. The predicted molar refractivity (Wildman–Crippen MR) is 85.7 cm³/mol. The predicted octanol–water partition coefficient (Wildman–Crippen LogP) is 3.45. The number of rotatable bonds is 5. The highest BCUT2D eigenvalue weighted by Gasteiger charge is 2.19. The van der Waals surface area contributed by atoms with Gasteiger partial charge < -0.3 is 15.0 Å². The molecule has 1 aliphatic heterocycles. The zero-order valence-electron chi connectivity index (χ0n) is 12.7. The fourth-order valence-corrected chi connectivity index (χ4v) is 2.78. The molecule has 112 valence electrons. The highest BCUT2D eigenvalue weighted by atomic mass is 35.5. The summed E-state index contributed by atoms with van der Waals surface area (Å²) in [5.41, 5.74) is 2.38. The second-order valence-corrected chi connectivity index (χ2v) is 6.14. The first-order valence-corrected chi connectivity index (χ1v) is 7.77. The number of halogens is 1. The standard InChI is InChI=1S/C16H25ClN2O/c1-12(2)18-11-13-4-5-14(10-16(13)17)19-8-6-15(20-3)7-9-19/h4-5,10,12,15,18H,6-9,11H2,1-3H3. The number of nitrogens with one attached hydrogen (secondary N) is 1. The van der Waals surface area contributed by atoms with Gasteiger partial charge in [-0.25, -0.2) is 0 Å². The maximum atomic E-state index is 6.40. The molecule has 0 aliphatic carbocycles. The number of anilines is 1. The van der Waals surface area contributed by atoms with E-state index in [1.807, 2.05) is 0 Å². The molecular weight excluding hydrogens is 272 g/mol. The molecule has 0 amide bonds. The van der Waals surface area contributed by atoms with Crippen molar-refractivity contribution in [3.8, 4) is 0 Å². The largest absolute Gasteiger partial charge is 0.381 e.